The van der Waals surface area contributed by atoms with Gasteiger partial charge in [-0.3, -0.25) is 9.78 Å². The highest BCUT2D eigenvalue weighted by Gasteiger charge is 2.21. The van der Waals surface area contributed by atoms with Crippen molar-refractivity contribution in [2.45, 2.75) is 0 Å². The lowest BCUT2D eigenvalue weighted by atomic mass is 10.1. The highest BCUT2D eigenvalue weighted by molar-refractivity contribution is 6.30. The summed E-state index contributed by atoms with van der Waals surface area (Å²) < 4.78 is 5.79. The Labute approximate surface area is 136 Å². The summed E-state index contributed by atoms with van der Waals surface area (Å²) in [7, 11) is 0. The molecule has 0 unspecified atom stereocenters. The number of hydrogen-bond donors (Lipinski definition) is 1. The van der Waals surface area contributed by atoms with E-state index in [-0.39, 0.29) is 11.5 Å². The van der Waals surface area contributed by atoms with Crippen LogP contribution >= 0.6 is 11.6 Å². The van der Waals surface area contributed by atoms with Crippen LogP contribution in [0.15, 0.2) is 59.1 Å². The van der Waals surface area contributed by atoms with Gasteiger partial charge >= 0.3 is 0 Å². The van der Waals surface area contributed by atoms with Gasteiger partial charge in [-0.05, 0) is 36.4 Å². The van der Waals surface area contributed by atoms with E-state index in [1.54, 1.807) is 30.5 Å². The predicted octanol–water partition coefficient (Wildman–Crippen LogP) is 4.45. The van der Waals surface area contributed by atoms with Crippen LogP contribution < -0.4 is 5.73 Å². The van der Waals surface area contributed by atoms with Crippen LogP contribution in [0.25, 0.3) is 21.9 Å². The van der Waals surface area contributed by atoms with Crippen molar-refractivity contribution in [1.29, 1.82) is 0 Å². The molecule has 0 radical (unpaired) electrons. The molecule has 0 spiro atoms. The summed E-state index contributed by atoms with van der Waals surface area (Å²) in [5.74, 6) is -0.153. The summed E-state index contributed by atoms with van der Waals surface area (Å²) in [5, 5.41) is 2.18. The molecule has 0 amide bonds. The molecule has 5 heteroatoms. The van der Waals surface area contributed by atoms with Crippen molar-refractivity contribution in [2.75, 3.05) is 5.73 Å². The predicted molar refractivity (Wildman–Crippen MR) is 90.8 cm³/mol. The van der Waals surface area contributed by atoms with E-state index in [1.807, 2.05) is 24.3 Å². The van der Waals surface area contributed by atoms with Crippen molar-refractivity contribution in [3.8, 4) is 0 Å². The van der Waals surface area contributed by atoms with Crippen molar-refractivity contribution in [3.63, 3.8) is 0 Å². The summed E-state index contributed by atoms with van der Waals surface area (Å²) in [6, 6.07) is 14.1. The quantitative estimate of drug-likeness (QED) is 0.554. The molecule has 2 heterocycles. The third kappa shape index (κ3) is 2.15. The first-order chi connectivity index (χ1) is 11.1. The molecule has 0 aliphatic carbocycles. The molecule has 0 atom stereocenters. The first kappa shape index (κ1) is 13.8. The molecule has 2 aromatic carbocycles. The zero-order chi connectivity index (χ0) is 16.0. The minimum Gasteiger partial charge on any atom is -0.448 e. The minimum absolute atomic E-state index is 0.125. The maximum Gasteiger partial charge on any atom is 0.230 e. The maximum atomic E-state index is 12.6. The van der Waals surface area contributed by atoms with Gasteiger partial charge in [0.05, 0.1) is 5.69 Å². The van der Waals surface area contributed by atoms with Gasteiger partial charge in [0.1, 0.15) is 5.52 Å². The molecule has 2 aromatic heterocycles. The van der Waals surface area contributed by atoms with Crippen molar-refractivity contribution in [1.82, 2.24) is 4.98 Å². The normalized spacial score (nSPS) is 11.2. The number of furan rings is 1. The topological polar surface area (TPSA) is 69.1 Å². The molecule has 112 valence electrons. The second kappa shape index (κ2) is 5.11. The molecule has 0 saturated carbocycles. The van der Waals surface area contributed by atoms with Gasteiger partial charge in [-0.1, -0.05) is 23.7 Å². The monoisotopic (exact) mass is 322 g/mol. The van der Waals surface area contributed by atoms with E-state index in [0.29, 0.717) is 32.8 Å². The van der Waals surface area contributed by atoms with Crippen LogP contribution in [0.5, 0.6) is 0 Å². The van der Waals surface area contributed by atoms with Gasteiger partial charge < -0.3 is 10.2 Å². The highest BCUT2D eigenvalue weighted by Crippen LogP contribution is 2.34. The fourth-order valence-electron chi connectivity index (χ4n) is 2.61. The molecule has 4 rings (SSSR count). The van der Waals surface area contributed by atoms with E-state index in [9.17, 15) is 4.79 Å². The number of carbonyl (C=O) groups is 1. The molecule has 0 fully saturated rings. The fourth-order valence-corrected chi connectivity index (χ4v) is 2.74. The van der Waals surface area contributed by atoms with Gasteiger partial charge in [0.25, 0.3) is 0 Å². The van der Waals surface area contributed by atoms with E-state index in [1.165, 1.54) is 0 Å². The summed E-state index contributed by atoms with van der Waals surface area (Å²) >= 11 is 5.86. The summed E-state index contributed by atoms with van der Waals surface area (Å²) in [4.78, 5) is 17.0. The highest BCUT2D eigenvalue weighted by atomic mass is 35.5. The second-order valence-electron chi connectivity index (χ2n) is 5.20. The van der Waals surface area contributed by atoms with E-state index in [4.69, 9.17) is 21.8 Å². The number of nitrogens with two attached hydrogens (primary N) is 1. The number of nitrogens with zero attached hydrogens (tertiary/aromatic N) is 1. The Bertz CT molecular complexity index is 1050. The summed E-state index contributed by atoms with van der Waals surface area (Å²) in [6.07, 6.45) is 1.68. The number of anilines is 1. The van der Waals surface area contributed by atoms with Crippen molar-refractivity contribution in [3.05, 3.63) is 71.1 Å². The summed E-state index contributed by atoms with van der Waals surface area (Å²) in [6.45, 7) is 0. The number of benzene rings is 2. The molecule has 0 bridgehead atoms. The third-order valence-electron chi connectivity index (χ3n) is 3.78. The SMILES string of the molecule is Nc1c(C(=O)c2ccc(Cl)cc2)oc2c1ccc1cccnc12. The lowest BCUT2D eigenvalue weighted by molar-refractivity contribution is 0.101. The zero-order valence-electron chi connectivity index (χ0n) is 11.9. The lowest BCUT2D eigenvalue weighted by Gasteiger charge is -1.99. The maximum absolute atomic E-state index is 12.6. The largest absolute Gasteiger partial charge is 0.448 e. The summed E-state index contributed by atoms with van der Waals surface area (Å²) in [5.41, 5.74) is 8.14. The van der Waals surface area contributed by atoms with Crippen LogP contribution in [-0.2, 0) is 0 Å². The molecule has 0 aliphatic heterocycles. The number of aromatic nitrogens is 1. The molecule has 0 saturated heterocycles. The molecule has 2 N–H and O–H groups in total. The Morgan fingerprint density at radius 2 is 1.87 bits per heavy atom. The van der Waals surface area contributed by atoms with Gasteiger partial charge in [0, 0.05) is 27.6 Å². The van der Waals surface area contributed by atoms with Crippen LogP contribution in [0.2, 0.25) is 5.02 Å². The zero-order valence-corrected chi connectivity index (χ0v) is 12.7. The molecular weight excluding hydrogens is 312 g/mol. The first-order valence-corrected chi connectivity index (χ1v) is 7.39. The number of fused-ring (bicyclic) bond motifs is 3. The first-order valence-electron chi connectivity index (χ1n) is 7.01. The molecule has 23 heavy (non-hydrogen) atoms. The number of carbonyl (C=O) groups excluding carboxylic acids is 1. The smallest absolute Gasteiger partial charge is 0.230 e. The number of ketones is 1. The Hall–Kier alpha value is -2.85. The van der Waals surface area contributed by atoms with Crippen molar-refractivity contribution < 1.29 is 9.21 Å². The van der Waals surface area contributed by atoms with E-state index >= 15 is 0 Å². The Morgan fingerprint density at radius 1 is 1.09 bits per heavy atom. The molecular formula is C18H11ClN2O2. The number of halogens is 1. The van der Waals surface area contributed by atoms with Crippen molar-refractivity contribution in [2.24, 2.45) is 0 Å². The minimum atomic E-state index is -0.278. The lowest BCUT2D eigenvalue weighted by Crippen LogP contribution is -2.02. The Kier molecular flexibility index (Phi) is 3.06. The van der Waals surface area contributed by atoms with Crippen LogP contribution in [0.1, 0.15) is 16.1 Å². The van der Waals surface area contributed by atoms with Gasteiger partial charge in [-0.15, -0.1) is 0 Å². The van der Waals surface area contributed by atoms with E-state index in [2.05, 4.69) is 4.98 Å². The van der Waals surface area contributed by atoms with Crippen LogP contribution in [0, 0.1) is 0 Å². The average molecular weight is 323 g/mol. The molecule has 0 aliphatic rings. The van der Waals surface area contributed by atoms with Gasteiger partial charge in [0.15, 0.2) is 11.3 Å². The van der Waals surface area contributed by atoms with Crippen LogP contribution in [0.4, 0.5) is 5.69 Å². The standard InChI is InChI=1S/C18H11ClN2O2/c19-12-6-3-11(4-7-12)16(22)18-14(20)13-8-5-10-2-1-9-21-15(10)17(13)23-18/h1-9H,20H2. The van der Waals surface area contributed by atoms with Gasteiger partial charge in [-0.25, -0.2) is 0 Å². The second-order valence-corrected chi connectivity index (χ2v) is 5.63. The van der Waals surface area contributed by atoms with Gasteiger partial charge in [-0.2, -0.15) is 0 Å². The van der Waals surface area contributed by atoms with Crippen LogP contribution in [-0.4, -0.2) is 10.8 Å². The Morgan fingerprint density at radius 3 is 2.65 bits per heavy atom. The van der Waals surface area contributed by atoms with E-state index < -0.39 is 0 Å². The third-order valence-corrected chi connectivity index (χ3v) is 4.03. The number of nitrogen functional groups attached to an aromatic ring is 1. The van der Waals surface area contributed by atoms with Gasteiger partial charge in [0.2, 0.25) is 5.78 Å². The Balaban J connectivity index is 1.93. The number of hydrogen-bond acceptors (Lipinski definition) is 4. The van der Waals surface area contributed by atoms with Crippen molar-refractivity contribution >= 4 is 44.9 Å². The molecule has 4 aromatic rings. The number of rotatable bonds is 2. The molecule has 4 nitrogen and oxygen atoms in total. The van der Waals surface area contributed by atoms with Crippen LogP contribution in [0.3, 0.4) is 0 Å². The average Bonchev–Trinajstić information content (AvgIpc) is 2.92. The van der Waals surface area contributed by atoms with E-state index in [0.717, 1.165) is 5.39 Å². The number of pyridine rings is 1. The fraction of sp³-hybridized carbons (Fsp3) is 0.